The summed E-state index contributed by atoms with van der Waals surface area (Å²) < 4.78 is 12.9. The summed E-state index contributed by atoms with van der Waals surface area (Å²) in [5.41, 5.74) is 0.957. The Hall–Kier alpha value is -2.43. The van der Waals surface area contributed by atoms with Gasteiger partial charge in [-0.2, -0.15) is 0 Å². The topological polar surface area (TPSA) is 73.2 Å². The van der Waals surface area contributed by atoms with E-state index in [4.69, 9.17) is 5.41 Å². The maximum absolute atomic E-state index is 12.9. The summed E-state index contributed by atoms with van der Waals surface area (Å²) in [6.07, 6.45) is 3.39. The molecule has 0 saturated heterocycles. The minimum absolute atomic E-state index is 0.0447. The Kier molecular flexibility index (Phi) is 6.50. The zero-order valence-electron chi connectivity index (χ0n) is 13.0. The van der Waals surface area contributed by atoms with Gasteiger partial charge in [-0.15, -0.1) is 0 Å². The molecule has 0 aromatic heterocycles. The van der Waals surface area contributed by atoms with Gasteiger partial charge in [0.2, 0.25) is 0 Å². The van der Waals surface area contributed by atoms with E-state index < -0.39 is 5.91 Å². The van der Waals surface area contributed by atoms with E-state index in [2.05, 4.69) is 5.32 Å². The molecule has 1 aromatic rings. The second-order valence-electron chi connectivity index (χ2n) is 4.99. The Balaban J connectivity index is 2.93. The molecule has 118 valence electrons. The summed E-state index contributed by atoms with van der Waals surface area (Å²) in [7, 11) is 0. The van der Waals surface area contributed by atoms with Crippen LogP contribution in [0.1, 0.15) is 38.8 Å². The predicted molar refractivity (Wildman–Crippen MR) is 85.4 cm³/mol. The fourth-order valence-corrected chi connectivity index (χ4v) is 1.88. The normalized spacial score (nSPS) is 13.6. The Bertz CT molecular complexity index is 604. The van der Waals surface area contributed by atoms with Crippen molar-refractivity contribution >= 4 is 11.6 Å². The van der Waals surface area contributed by atoms with Gasteiger partial charge in [0.05, 0.1) is 11.6 Å². The van der Waals surface area contributed by atoms with E-state index in [9.17, 15) is 14.3 Å². The molecule has 5 heteroatoms. The first-order chi connectivity index (χ1) is 10.3. The summed E-state index contributed by atoms with van der Waals surface area (Å²) in [6.45, 7) is 5.13. The van der Waals surface area contributed by atoms with Gasteiger partial charge < -0.3 is 15.8 Å². The fourth-order valence-electron chi connectivity index (χ4n) is 1.88. The first kappa shape index (κ1) is 17.6. The molecule has 0 fully saturated rings. The van der Waals surface area contributed by atoms with Crippen LogP contribution >= 0.6 is 0 Å². The van der Waals surface area contributed by atoms with Crippen LogP contribution in [0, 0.1) is 11.2 Å². The number of aliphatic hydroxyl groups excluding tert-OH is 1. The smallest absolute Gasteiger partial charge is 0.255 e. The molecule has 0 aliphatic carbocycles. The van der Waals surface area contributed by atoms with Crippen molar-refractivity contribution in [3.8, 4) is 0 Å². The average molecular weight is 304 g/mol. The first-order valence-corrected chi connectivity index (χ1v) is 7.07. The number of carbonyl (C=O) groups is 1. The van der Waals surface area contributed by atoms with E-state index in [1.165, 1.54) is 31.2 Å². The number of benzene rings is 1. The van der Waals surface area contributed by atoms with E-state index in [1.54, 1.807) is 19.1 Å². The number of halogens is 1. The highest BCUT2D eigenvalue weighted by atomic mass is 19.1. The van der Waals surface area contributed by atoms with E-state index in [-0.39, 0.29) is 28.9 Å². The molecule has 0 radical (unpaired) electrons. The van der Waals surface area contributed by atoms with Crippen LogP contribution in [0.4, 0.5) is 4.39 Å². The Labute approximate surface area is 129 Å². The molecule has 0 heterocycles. The maximum atomic E-state index is 12.9. The van der Waals surface area contributed by atoms with Gasteiger partial charge in [0.15, 0.2) is 0 Å². The quantitative estimate of drug-likeness (QED) is 0.323. The van der Waals surface area contributed by atoms with Crippen LogP contribution in [0.2, 0.25) is 0 Å². The van der Waals surface area contributed by atoms with E-state index in [0.717, 1.165) is 5.56 Å². The number of hydrogen-bond donors (Lipinski definition) is 3. The van der Waals surface area contributed by atoms with Gasteiger partial charge in [-0.05, 0) is 50.1 Å². The Morgan fingerprint density at radius 2 is 2.00 bits per heavy atom. The zero-order valence-corrected chi connectivity index (χ0v) is 13.0. The third-order valence-electron chi connectivity index (χ3n) is 3.00. The molecule has 0 saturated carbocycles. The lowest BCUT2D eigenvalue weighted by molar-refractivity contribution is -0.118. The molecule has 4 nitrogen and oxygen atoms in total. The number of nitrogens with one attached hydrogen (secondary N) is 2. The van der Waals surface area contributed by atoms with E-state index >= 15 is 0 Å². The second-order valence-corrected chi connectivity index (χ2v) is 4.99. The summed E-state index contributed by atoms with van der Waals surface area (Å²) in [5.74, 6) is -0.977. The molecule has 3 N–H and O–H groups in total. The molecule has 0 spiro atoms. The van der Waals surface area contributed by atoms with Crippen LogP contribution in [0.3, 0.4) is 0 Å². The number of amides is 1. The number of rotatable bonds is 6. The number of aliphatic hydroxyl groups is 1. The van der Waals surface area contributed by atoms with Crippen molar-refractivity contribution in [2.45, 2.75) is 33.2 Å². The van der Waals surface area contributed by atoms with Crippen molar-refractivity contribution in [3.63, 3.8) is 0 Å². The van der Waals surface area contributed by atoms with E-state index in [0.29, 0.717) is 6.42 Å². The second kappa shape index (κ2) is 8.12. The fraction of sp³-hybridized carbons (Fsp3) is 0.294. The lowest BCUT2D eigenvalue weighted by Gasteiger charge is -2.16. The van der Waals surface area contributed by atoms with Crippen LogP contribution in [-0.4, -0.2) is 16.7 Å². The van der Waals surface area contributed by atoms with Crippen LogP contribution in [0.5, 0.6) is 0 Å². The van der Waals surface area contributed by atoms with Crippen LogP contribution in [-0.2, 0) is 4.79 Å². The minimum atomic E-state index is -0.481. The molecule has 1 amide bonds. The van der Waals surface area contributed by atoms with Gasteiger partial charge in [-0.1, -0.05) is 19.1 Å². The SMILES string of the molecule is CC/C=C(O)/C(=C/C(C)=N)C(=O)NC(C)c1ccc(F)cc1. The molecule has 1 atom stereocenters. The first-order valence-electron chi connectivity index (χ1n) is 7.07. The predicted octanol–water partition coefficient (Wildman–Crippen LogP) is 3.82. The third-order valence-corrected chi connectivity index (χ3v) is 3.00. The number of allylic oxidation sites excluding steroid dienone is 2. The highest BCUT2D eigenvalue weighted by molar-refractivity contribution is 6.04. The van der Waals surface area contributed by atoms with Crippen LogP contribution < -0.4 is 5.32 Å². The van der Waals surface area contributed by atoms with Crippen molar-refractivity contribution < 1.29 is 14.3 Å². The third kappa shape index (κ3) is 5.16. The van der Waals surface area contributed by atoms with Crippen LogP contribution in [0.15, 0.2) is 47.7 Å². The standard InChI is InChI=1S/C17H21FN2O2/c1-4-5-16(21)15(10-11(2)19)17(22)20-12(3)13-6-8-14(18)9-7-13/h5-10,12,19,21H,4H2,1-3H3,(H,20,22)/b15-10-,16-5-,19-11?. The highest BCUT2D eigenvalue weighted by Crippen LogP contribution is 2.15. The van der Waals surface area contributed by atoms with Crippen molar-refractivity contribution in [1.29, 1.82) is 5.41 Å². The Morgan fingerprint density at radius 1 is 1.41 bits per heavy atom. The van der Waals surface area contributed by atoms with Gasteiger partial charge >= 0.3 is 0 Å². The monoisotopic (exact) mass is 304 g/mol. The van der Waals surface area contributed by atoms with Gasteiger partial charge in [-0.3, -0.25) is 4.79 Å². The molecule has 1 unspecified atom stereocenters. The molecule has 0 aliphatic rings. The number of carbonyl (C=O) groups excluding carboxylic acids is 1. The minimum Gasteiger partial charge on any atom is -0.507 e. The van der Waals surface area contributed by atoms with Crippen molar-refractivity contribution in [3.05, 3.63) is 59.1 Å². The maximum Gasteiger partial charge on any atom is 0.255 e. The van der Waals surface area contributed by atoms with Crippen molar-refractivity contribution in [1.82, 2.24) is 5.32 Å². The number of hydrogen-bond acceptors (Lipinski definition) is 3. The van der Waals surface area contributed by atoms with Crippen molar-refractivity contribution in [2.75, 3.05) is 0 Å². The lowest BCUT2D eigenvalue weighted by Crippen LogP contribution is -2.29. The van der Waals surface area contributed by atoms with Gasteiger partial charge in [0, 0.05) is 5.71 Å². The summed E-state index contributed by atoms with van der Waals surface area (Å²) in [6, 6.07) is 5.48. The largest absolute Gasteiger partial charge is 0.507 e. The highest BCUT2D eigenvalue weighted by Gasteiger charge is 2.17. The molecule has 1 aromatic carbocycles. The Morgan fingerprint density at radius 3 is 2.50 bits per heavy atom. The summed E-state index contributed by atoms with van der Waals surface area (Å²) in [5, 5.41) is 20.1. The van der Waals surface area contributed by atoms with Crippen molar-refractivity contribution in [2.24, 2.45) is 0 Å². The van der Waals surface area contributed by atoms with Gasteiger partial charge in [-0.25, -0.2) is 4.39 Å². The molecule has 0 bridgehead atoms. The van der Waals surface area contributed by atoms with Gasteiger partial charge in [0.25, 0.3) is 5.91 Å². The van der Waals surface area contributed by atoms with Gasteiger partial charge in [0.1, 0.15) is 11.6 Å². The molecule has 1 rings (SSSR count). The summed E-state index contributed by atoms with van der Waals surface area (Å²) >= 11 is 0. The molecule has 0 aliphatic heterocycles. The van der Waals surface area contributed by atoms with Crippen LogP contribution in [0.25, 0.3) is 0 Å². The summed E-state index contributed by atoms with van der Waals surface area (Å²) in [4.78, 5) is 12.3. The molecular formula is C17H21FN2O2. The average Bonchev–Trinajstić information content (AvgIpc) is 2.45. The van der Waals surface area contributed by atoms with E-state index in [1.807, 2.05) is 6.92 Å². The lowest BCUT2D eigenvalue weighted by atomic mass is 10.1. The zero-order chi connectivity index (χ0) is 16.7. The molecule has 22 heavy (non-hydrogen) atoms. The molecular weight excluding hydrogens is 283 g/mol.